The maximum Gasteiger partial charge on any atom is 0.303 e. The second-order valence-electron chi connectivity index (χ2n) is 11.1. The van der Waals surface area contributed by atoms with Gasteiger partial charge >= 0.3 is 11.9 Å². The van der Waals surface area contributed by atoms with Crippen LogP contribution in [0.15, 0.2) is 0 Å². The molecule has 0 saturated heterocycles. The second kappa shape index (κ2) is 27.5. The summed E-state index contributed by atoms with van der Waals surface area (Å²) in [5.41, 5.74) is 0. The van der Waals surface area contributed by atoms with E-state index in [0.29, 0.717) is 12.8 Å². The molecule has 4 heteroatoms. The molecule has 208 valence electrons. The van der Waals surface area contributed by atoms with E-state index in [1.54, 1.807) is 0 Å². The van der Waals surface area contributed by atoms with Gasteiger partial charge in [-0.3, -0.25) is 9.59 Å². The Morgan fingerprint density at radius 2 is 0.600 bits per heavy atom. The molecule has 0 aliphatic heterocycles. The lowest BCUT2D eigenvalue weighted by atomic mass is 9.95. The molecule has 0 rings (SSSR count). The van der Waals surface area contributed by atoms with Crippen molar-refractivity contribution in [2.24, 2.45) is 5.92 Å². The summed E-state index contributed by atoms with van der Waals surface area (Å²) in [6.07, 6.45) is 33.0. The Labute approximate surface area is 218 Å². The van der Waals surface area contributed by atoms with Crippen LogP contribution in [0.3, 0.4) is 0 Å². The molecule has 0 aliphatic rings. The fourth-order valence-electron chi connectivity index (χ4n) is 5.04. The first-order valence-corrected chi connectivity index (χ1v) is 15.5. The molecular formula is C31H60O4. The van der Waals surface area contributed by atoms with E-state index in [4.69, 9.17) is 10.2 Å². The fraction of sp³-hybridized carbons (Fsp3) is 0.935. The van der Waals surface area contributed by atoms with Gasteiger partial charge in [-0.1, -0.05) is 155 Å². The number of carboxylic acid groups (broad SMARTS) is 2. The highest BCUT2D eigenvalue weighted by Crippen LogP contribution is 2.19. The summed E-state index contributed by atoms with van der Waals surface area (Å²) in [5.74, 6) is -0.422. The monoisotopic (exact) mass is 496 g/mol. The Hall–Kier alpha value is -1.06. The van der Waals surface area contributed by atoms with Crippen LogP contribution in [0.25, 0.3) is 0 Å². The predicted molar refractivity (Wildman–Crippen MR) is 149 cm³/mol. The van der Waals surface area contributed by atoms with Crippen molar-refractivity contribution in [2.45, 2.75) is 180 Å². The summed E-state index contributed by atoms with van der Waals surface area (Å²) in [4.78, 5) is 20.9. The Kier molecular flexibility index (Phi) is 26.7. The third-order valence-electron chi connectivity index (χ3n) is 7.43. The second-order valence-corrected chi connectivity index (χ2v) is 11.1. The zero-order chi connectivity index (χ0) is 25.8. The molecule has 0 aliphatic carbocycles. The lowest BCUT2D eigenvalue weighted by molar-refractivity contribution is -0.138. The van der Waals surface area contributed by atoms with E-state index < -0.39 is 11.9 Å². The normalized spacial score (nSPS) is 12.1. The average Bonchev–Trinajstić information content (AvgIpc) is 2.81. The minimum atomic E-state index is -0.659. The zero-order valence-corrected chi connectivity index (χ0v) is 23.4. The smallest absolute Gasteiger partial charge is 0.303 e. The molecule has 0 aromatic heterocycles. The first-order valence-electron chi connectivity index (χ1n) is 15.5. The first-order chi connectivity index (χ1) is 17.0. The van der Waals surface area contributed by atoms with Gasteiger partial charge < -0.3 is 10.2 Å². The van der Waals surface area contributed by atoms with Gasteiger partial charge in [0.2, 0.25) is 0 Å². The van der Waals surface area contributed by atoms with Crippen molar-refractivity contribution < 1.29 is 19.8 Å². The van der Waals surface area contributed by atoms with Crippen LogP contribution in [0.1, 0.15) is 180 Å². The van der Waals surface area contributed by atoms with E-state index >= 15 is 0 Å². The fourth-order valence-corrected chi connectivity index (χ4v) is 5.04. The van der Waals surface area contributed by atoms with Crippen LogP contribution in [0.2, 0.25) is 0 Å². The highest BCUT2D eigenvalue weighted by Gasteiger charge is 2.03. The molecule has 1 atom stereocenters. The molecule has 0 aromatic carbocycles. The zero-order valence-electron chi connectivity index (χ0n) is 23.4. The summed E-state index contributed by atoms with van der Waals surface area (Å²) in [5, 5.41) is 17.2. The van der Waals surface area contributed by atoms with E-state index in [2.05, 4.69) is 6.92 Å². The van der Waals surface area contributed by atoms with E-state index in [9.17, 15) is 9.59 Å². The van der Waals surface area contributed by atoms with Gasteiger partial charge in [0.1, 0.15) is 0 Å². The van der Waals surface area contributed by atoms with E-state index in [0.717, 1.165) is 31.6 Å². The van der Waals surface area contributed by atoms with Crippen molar-refractivity contribution in [3.8, 4) is 0 Å². The van der Waals surface area contributed by atoms with Crippen molar-refractivity contribution in [1.29, 1.82) is 0 Å². The van der Waals surface area contributed by atoms with Crippen molar-refractivity contribution in [1.82, 2.24) is 0 Å². The molecule has 0 radical (unpaired) electrons. The topological polar surface area (TPSA) is 74.6 Å². The van der Waals surface area contributed by atoms with Crippen molar-refractivity contribution in [3.05, 3.63) is 0 Å². The summed E-state index contributed by atoms with van der Waals surface area (Å²) in [7, 11) is 0. The van der Waals surface area contributed by atoms with Crippen molar-refractivity contribution in [2.75, 3.05) is 0 Å². The molecule has 0 spiro atoms. The van der Waals surface area contributed by atoms with Crippen LogP contribution in [0, 0.1) is 5.92 Å². The number of hydrogen-bond acceptors (Lipinski definition) is 2. The maximum absolute atomic E-state index is 10.5. The van der Waals surface area contributed by atoms with Crippen LogP contribution in [0.5, 0.6) is 0 Å². The maximum atomic E-state index is 10.5. The number of aliphatic carboxylic acids is 2. The molecule has 1 unspecified atom stereocenters. The molecule has 0 aromatic rings. The highest BCUT2D eigenvalue weighted by atomic mass is 16.4. The third kappa shape index (κ3) is 30.9. The third-order valence-corrected chi connectivity index (χ3v) is 7.43. The quantitative estimate of drug-likeness (QED) is 0.101. The standard InChI is InChI=1S/C31H60O4/c1-29(26-22-18-14-10-6-4-8-12-16-20-24-28-31(34)35)25-21-17-13-9-5-2-3-7-11-15-19-23-27-30(32)33/h29H,2-28H2,1H3,(H,32,33)(H,34,35). The highest BCUT2D eigenvalue weighted by molar-refractivity contribution is 5.66. The van der Waals surface area contributed by atoms with Crippen LogP contribution in [-0.4, -0.2) is 22.2 Å². The van der Waals surface area contributed by atoms with E-state index in [1.165, 1.54) is 135 Å². The Morgan fingerprint density at radius 3 is 0.829 bits per heavy atom. The van der Waals surface area contributed by atoms with Gasteiger partial charge in [-0.2, -0.15) is 0 Å². The lowest BCUT2D eigenvalue weighted by Crippen LogP contribution is -1.95. The molecule has 0 heterocycles. The first kappa shape index (κ1) is 33.9. The SMILES string of the molecule is CC(CCCCCCCCCCCCCCC(=O)O)CCCCCCCCCCCCCC(=O)O. The molecule has 0 fully saturated rings. The molecular weight excluding hydrogens is 436 g/mol. The Morgan fingerprint density at radius 1 is 0.400 bits per heavy atom. The summed E-state index contributed by atoms with van der Waals surface area (Å²) < 4.78 is 0. The molecule has 0 saturated carbocycles. The summed E-state index contributed by atoms with van der Waals surface area (Å²) in [6.45, 7) is 2.44. The van der Waals surface area contributed by atoms with Gasteiger partial charge in [0, 0.05) is 12.8 Å². The van der Waals surface area contributed by atoms with Crippen LogP contribution in [0.4, 0.5) is 0 Å². The van der Waals surface area contributed by atoms with Gasteiger partial charge in [0.15, 0.2) is 0 Å². The van der Waals surface area contributed by atoms with Gasteiger partial charge in [-0.25, -0.2) is 0 Å². The number of rotatable bonds is 29. The molecule has 35 heavy (non-hydrogen) atoms. The predicted octanol–water partition coefficient (Wildman–Crippen LogP) is 10.3. The Bertz CT molecular complexity index is 463. The molecule has 4 nitrogen and oxygen atoms in total. The minimum absolute atomic E-state index is 0.335. The largest absolute Gasteiger partial charge is 0.481 e. The molecule has 2 N–H and O–H groups in total. The van der Waals surface area contributed by atoms with Crippen molar-refractivity contribution in [3.63, 3.8) is 0 Å². The van der Waals surface area contributed by atoms with Crippen LogP contribution < -0.4 is 0 Å². The van der Waals surface area contributed by atoms with E-state index in [-0.39, 0.29) is 0 Å². The van der Waals surface area contributed by atoms with Gasteiger partial charge in [0.25, 0.3) is 0 Å². The minimum Gasteiger partial charge on any atom is -0.481 e. The van der Waals surface area contributed by atoms with Crippen LogP contribution in [-0.2, 0) is 9.59 Å². The molecule has 0 bridgehead atoms. The van der Waals surface area contributed by atoms with Gasteiger partial charge in [-0.15, -0.1) is 0 Å². The van der Waals surface area contributed by atoms with Gasteiger partial charge in [-0.05, 0) is 18.8 Å². The van der Waals surface area contributed by atoms with Gasteiger partial charge in [0.05, 0.1) is 0 Å². The summed E-state index contributed by atoms with van der Waals surface area (Å²) >= 11 is 0. The van der Waals surface area contributed by atoms with Crippen molar-refractivity contribution >= 4 is 11.9 Å². The number of unbranched alkanes of at least 4 members (excludes halogenated alkanes) is 21. The summed E-state index contributed by atoms with van der Waals surface area (Å²) in [6, 6.07) is 0. The lowest BCUT2D eigenvalue weighted by Gasteiger charge is -2.11. The number of carbonyl (C=O) groups is 2. The van der Waals surface area contributed by atoms with Crippen LogP contribution >= 0.6 is 0 Å². The Balaban J connectivity index is 3.17. The molecule has 0 amide bonds. The number of hydrogen-bond donors (Lipinski definition) is 2. The number of carboxylic acids is 2. The van der Waals surface area contributed by atoms with E-state index in [1.807, 2.05) is 0 Å². The average molecular weight is 497 g/mol.